The fourth-order valence-electron chi connectivity index (χ4n) is 3.10. The zero-order valence-electron chi connectivity index (χ0n) is 12.9. The third kappa shape index (κ3) is 3.15. The highest BCUT2D eigenvalue weighted by Crippen LogP contribution is 2.30. The molecular weight excluding hydrogens is 304 g/mol. The summed E-state index contributed by atoms with van der Waals surface area (Å²) in [6.45, 7) is 0.637. The molecule has 1 aliphatic rings. The van der Waals surface area contributed by atoms with Crippen molar-refractivity contribution < 1.29 is 4.74 Å². The molecular formula is C19H20N2OS. The van der Waals surface area contributed by atoms with Crippen LogP contribution in [-0.4, -0.2) is 17.1 Å². The van der Waals surface area contributed by atoms with E-state index < -0.39 is 0 Å². The van der Waals surface area contributed by atoms with Crippen molar-refractivity contribution in [1.82, 2.24) is 4.98 Å². The molecule has 4 heteroatoms. The third-order valence-corrected chi connectivity index (χ3v) is 5.55. The maximum absolute atomic E-state index is 6.05. The van der Waals surface area contributed by atoms with Gasteiger partial charge in [0.15, 0.2) is 0 Å². The molecule has 1 fully saturated rings. The zero-order valence-corrected chi connectivity index (χ0v) is 13.8. The van der Waals surface area contributed by atoms with Crippen LogP contribution in [0.2, 0.25) is 0 Å². The summed E-state index contributed by atoms with van der Waals surface area (Å²) in [5.41, 5.74) is 9.46. The molecule has 3 nitrogen and oxygen atoms in total. The molecule has 118 valence electrons. The highest BCUT2D eigenvalue weighted by Gasteiger charge is 2.24. The second-order valence-corrected chi connectivity index (χ2v) is 7.16. The number of benzene rings is 2. The Morgan fingerprint density at radius 3 is 2.65 bits per heavy atom. The summed E-state index contributed by atoms with van der Waals surface area (Å²) in [6.07, 6.45) is 3.58. The first-order valence-electron chi connectivity index (χ1n) is 8.12. The number of hydrogen-bond donors (Lipinski definition) is 1. The van der Waals surface area contributed by atoms with E-state index in [1.165, 1.54) is 16.7 Å². The number of rotatable bonds is 4. The van der Waals surface area contributed by atoms with Gasteiger partial charge in [0.2, 0.25) is 0 Å². The van der Waals surface area contributed by atoms with Crippen molar-refractivity contribution in [3.8, 4) is 10.6 Å². The highest BCUT2D eigenvalue weighted by atomic mass is 32.1. The Hall–Kier alpha value is -1.75. The number of thiazole rings is 1. The molecule has 2 atom stereocenters. The Labute approximate surface area is 140 Å². The molecule has 0 aliphatic heterocycles. The van der Waals surface area contributed by atoms with E-state index in [-0.39, 0.29) is 12.1 Å². The summed E-state index contributed by atoms with van der Waals surface area (Å²) in [6, 6.07) is 17.0. The van der Waals surface area contributed by atoms with E-state index in [1.807, 2.05) is 6.07 Å². The maximum atomic E-state index is 6.05. The van der Waals surface area contributed by atoms with Gasteiger partial charge in [-0.15, -0.1) is 11.3 Å². The number of aromatic nitrogens is 1. The first-order chi connectivity index (χ1) is 11.3. The van der Waals surface area contributed by atoms with Gasteiger partial charge in [-0.25, -0.2) is 4.98 Å². The SMILES string of the molecule is NC1CCCC1OCc1ccc(-c2nc3ccccc3s2)cc1. The molecule has 1 heterocycles. The van der Waals surface area contributed by atoms with Crippen LogP contribution in [0.15, 0.2) is 48.5 Å². The first kappa shape index (κ1) is 14.8. The van der Waals surface area contributed by atoms with Gasteiger partial charge < -0.3 is 10.5 Å². The van der Waals surface area contributed by atoms with Crippen LogP contribution >= 0.6 is 11.3 Å². The molecule has 0 amide bonds. The lowest BCUT2D eigenvalue weighted by molar-refractivity contribution is 0.0357. The van der Waals surface area contributed by atoms with Crippen LogP contribution in [0.4, 0.5) is 0 Å². The predicted molar refractivity (Wildman–Crippen MR) is 95.5 cm³/mol. The zero-order chi connectivity index (χ0) is 15.6. The van der Waals surface area contributed by atoms with Crippen molar-refractivity contribution in [2.24, 2.45) is 5.73 Å². The van der Waals surface area contributed by atoms with Crippen molar-refractivity contribution in [2.75, 3.05) is 0 Å². The van der Waals surface area contributed by atoms with Gasteiger partial charge in [0.25, 0.3) is 0 Å². The van der Waals surface area contributed by atoms with Crippen LogP contribution in [0.5, 0.6) is 0 Å². The lowest BCUT2D eigenvalue weighted by Crippen LogP contribution is -2.31. The minimum atomic E-state index is 0.206. The summed E-state index contributed by atoms with van der Waals surface area (Å²) in [5.74, 6) is 0. The topological polar surface area (TPSA) is 48.1 Å². The van der Waals surface area contributed by atoms with Crippen molar-refractivity contribution in [2.45, 2.75) is 38.0 Å². The number of nitrogens with zero attached hydrogens (tertiary/aromatic N) is 1. The Kier molecular flexibility index (Phi) is 4.12. The Balaban J connectivity index is 1.47. The van der Waals surface area contributed by atoms with Gasteiger partial charge in [-0.1, -0.05) is 36.4 Å². The number of hydrogen-bond acceptors (Lipinski definition) is 4. The second kappa shape index (κ2) is 6.40. The summed E-state index contributed by atoms with van der Waals surface area (Å²) >= 11 is 1.73. The predicted octanol–water partition coefficient (Wildman–Crippen LogP) is 4.36. The smallest absolute Gasteiger partial charge is 0.124 e. The molecule has 0 spiro atoms. The molecule has 0 saturated heterocycles. The van der Waals surface area contributed by atoms with Gasteiger partial charge in [-0.3, -0.25) is 0 Å². The fourth-order valence-corrected chi connectivity index (χ4v) is 4.08. The van der Waals surface area contributed by atoms with Gasteiger partial charge >= 0.3 is 0 Å². The van der Waals surface area contributed by atoms with Gasteiger partial charge in [-0.2, -0.15) is 0 Å². The molecule has 0 bridgehead atoms. The molecule has 1 saturated carbocycles. The summed E-state index contributed by atoms with van der Waals surface area (Å²) in [5, 5.41) is 1.07. The van der Waals surface area contributed by atoms with Crippen LogP contribution in [0.25, 0.3) is 20.8 Å². The van der Waals surface area contributed by atoms with E-state index in [4.69, 9.17) is 15.5 Å². The van der Waals surface area contributed by atoms with Crippen LogP contribution in [-0.2, 0) is 11.3 Å². The maximum Gasteiger partial charge on any atom is 0.124 e. The lowest BCUT2D eigenvalue weighted by atomic mass is 10.1. The molecule has 1 aliphatic carbocycles. The van der Waals surface area contributed by atoms with E-state index in [2.05, 4.69) is 42.5 Å². The highest BCUT2D eigenvalue weighted by molar-refractivity contribution is 7.21. The van der Waals surface area contributed by atoms with Crippen molar-refractivity contribution in [3.05, 3.63) is 54.1 Å². The number of nitrogens with two attached hydrogens (primary N) is 1. The number of para-hydroxylation sites is 1. The van der Waals surface area contributed by atoms with Crippen LogP contribution in [0.1, 0.15) is 24.8 Å². The molecule has 2 N–H and O–H groups in total. The molecule has 0 radical (unpaired) electrons. The van der Waals surface area contributed by atoms with E-state index in [0.717, 1.165) is 28.9 Å². The first-order valence-corrected chi connectivity index (χ1v) is 8.93. The third-order valence-electron chi connectivity index (χ3n) is 4.46. The van der Waals surface area contributed by atoms with E-state index in [0.29, 0.717) is 6.61 Å². The average molecular weight is 324 g/mol. The largest absolute Gasteiger partial charge is 0.372 e. The van der Waals surface area contributed by atoms with Crippen molar-refractivity contribution in [1.29, 1.82) is 0 Å². The molecule has 3 aromatic rings. The molecule has 23 heavy (non-hydrogen) atoms. The van der Waals surface area contributed by atoms with E-state index in [1.54, 1.807) is 11.3 Å². The van der Waals surface area contributed by atoms with Crippen LogP contribution in [0, 0.1) is 0 Å². The normalized spacial score (nSPS) is 21.1. The van der Waals surface area contributed by atoms with E-state index >= 15 is 0 Å². The average Bonchev–Trinajstić information content (AvgIpc) is 3.19. The Morgan fingerprint density at radius 2 is 1.91 bits per heavy atom. The van der Waals surface area contributed by atoms with Crippen LogP contribution in [0.3, 0.4) is 0 Å². The van der Waals surface area contributed by atoms with Gasteiger partial charge in [0.1, 0.15) is 5.01 Å². The van der Waals surface area contributed by atoms with Crippen molar-refractivity contribution >= 4 is 21.6 Å². The monoisotopic (exact) mass is 324 g/mol. The number of fused-ring (bicyclic) bond motifs is 1. The second-order valence-electron chi connectivity index (χ2n) is 6.13. The quantitative estimate of drug-likeness (QED) is 0.775. The van der Waals surface area contributed by atoms with Gasteiger partial charge in [0.05, 0.1) is 22.9 Å². The number of ether oxygens (including phenoxy) is 1. The minimum absolute atomic E-state index is 0.206. The van der Waals surface area contributed by atoms with Crippen LogP contribution < -0.4 is 5.73 Å². The summed E-state index contributed by atoms with van der Waals surface area (Å²) < 4.78 is 7.18. The summed E-state index contributed by atoms with van der Waals surface area (Å²) in [4.78, 5) is 4.70. The Bertz CT molecular complexity index is 763. The fraction of sp³-hybridized carbons (Fsp3) is 0.316. The molecule has 1 aromatic heterocycles. The molecule has 2 aromatic carbocycles. The lowest BCUT2D eigenvalue weighted by Gasteiger charge is -2.16. The Morgan fingerprint density at radius 1 is 1.09 bits per heavy atom. The standard InChI is InChI=1S/C19H20N2OS/c20-15-4-3-6-17(15)22-12-13-8-10-14(11-9-13)19-21-16-5-1-2-7-18(16)23-19/h1-2,5,7-11,15,17H,3-4,6,12,20H2. The van der Waals surface area contributed by atoms with Crippen molar-refractivity contribution in [3.63, 3.8) is 0 Å². The molecule has 2 unspecified atom stereocenters. The minimum Gasteiger partial charge on any atom is -0.372 e. The summed E-state index contributed by atoms with van der Waals surface area (Å²) in [7, 11) is 0. The van der Waals surface area contributed by atoms with E-state index in [9.17, 15) is 0 Å². The van der Waals surface area contributed by atoms with Gasteiger partial charge in [0, 0.05) is 11.6 Å². The van der Waals surface area contributed by atoms with Gasteiger partial charge in [-0.05, 0) is 37.0 Å². The molecule has 4 rings (SSSR count).